The predicted octanol–water partition coefficient (Wildman–Crippen LogP) is 5.90. The van der Waals surface area contributed by atoms with E-state index in [9.17, 15) is 14.7 Å². The number of aromatic nitrogens is 1. The first-order valence-electron chi connectivity index (χ1n) is 13.9. The van der Waals surface area contributed by atoms with Gasteiger partial charge in [0.25, 0.3) is 5.91 Å². The first-order chi connectivity index (χ1) is 18.8. The molecule has 1 aromatic heterocycles. The van der Waals surface area contributed by atoms with E-state index < -0.39 is 5.60 Å². The minimum Gasteiger partial charge on any atom is -0.390 e. The SMILES string of the molecule is O=C(N[C@@H]1[C@@H]2C[C@@H]3C[C@H]1C[C@@](O)(C3)C2)c1ccc(Cc2cn(-c3ccccc3)c3cc(Cl)ccc3c2=O)cc1. The van der Waals surface area contributed by atoms with Gasteiger partial charge >= 0.3 is 0 Å². The van der Waals surface area contributed by atoms with Crippen molar-refractivity contribution in [3.05, 3.63) is 111 Å². The molecule has 4 aliphatic carbocycles. The van der Waals surface area contributed by atoms with Crippen LogP contribution in [0.4, 0.5) is 0 Å². The smallest absolute Gasteiger partial charge is 0.251 e. The molecule has 198 valence electrons. The molecular weight excluding hydrogens is 508 g/mol. The third-order valence-corrected chi connectivity index (χ3v) is 9.46. The molecule has 39 heavy (non-hydrogen) atoms. The van der Waals surface area contributed by atoms with Gasteiger partial charge < -0.3 is 15.0 Å². The Morgan fingerprint density at radius 1 is 0.974 bits per heavy atom. The first kappa shape index (κ1) is 24.6. The second-order valence-corrected chi connectivity index (χ2v) is 12.4. The Balaban J connectivity index is 1.13. The number of carbonyl (C=O) groups is 1. The van der Waals surface area contributed by atoms with E-state index >= 15 is 0 Å². The summed E-state index contributed by atoms with van der Waals surface area (Å²) in [6, 6.07) is 23.0. The lowest BCUT2D eigenvalue weighted by Gasteiger charge is -2.58. The van der Waals surface area contributed by atoms with E-state index in [4.69, 9.17) is 11.6 Å². The van der Waals surface area contributed by atoms with Gasteiger partial charge in [0.1, 0.15) is 0 Å². The van der Waals surface area contributed by atoms with Crippen LogP contribution in [0.5, 0.6) is 0 Å². The quantitative estimate of drug-likeness (QED) is 0.332. The summed E-state index contributed by atoms with van der Waals surface area (Å²) in [5.74, 6) is 1.30. The van der Waals surface area contributed by atoms with E-state index in [-0.39, 0.29) is 17.4 Å². The van der Waals surface area contributed by atoms with Gasteiger partial charge in [0.2, 0.25) is 0 Å². The average Bonchev–Trinajstić information content (AvgIpc) is 2.92. The molecule has 5 atom stereocenters. The summed E-state index contributed by atoms with van der Waals surface area (Å²) in [6.45, 7) is 0. The number of hydrogen-bond acceptors (Lipinski definition) is 3. The number of carbonyl (C=O) groups excluding carboxylic acids is 1. The fourth-order valence-electron chi connectivity index (χ4n) is 7.73. The van der Waals surface area contributed by atoms with E-state index in [2.05, 4.69) is 5.32 Å². The van der Waals surface area contributed by atoms with Crippen LogP contribution in [0.1, 0.15) is 53.6 Å². The van der Waals surface area contributed by atoms with E-state index in [0.29, 0.717) is 45.7 Å². The van der Waals surface area contributed by atoms with E-state index in [0.717, 1.165) is 48.9 Å². The number of benzene rings is 3. The maximum atomic E-state index is 13.4. The van der Waals surface area contributed by atoms with Gasteiger partial charge in [0.15, 0.2) is 5.43 Å². The molecule has 0 aliphatic heterocycles. The van der Waals surface area contributed by atoms with Crippen molar-refractivity contribution in [1.82, 2.24) is 9.88 Å². The highest BCUT2D eigenvalue weighted by atomic mass is 35.5. The molecule has 4 fully saturated rings. The number of aliphatic hydroxyl groups is 1. The molecule has 0 saturated heterocycles. The standard InChI is InChI=1S/C33H31ClN2O3/c34-26-10-11-28-29(15-26)36(27-4-2-1-3-5-27)19-25(31(28)37)12-20-6-8-22(9-7-20)32(38)35-30-23-13-21-14-24(30)18-33(39,16-21)17-23/h1-11,15,19,21,23-24,30,39H,12-14,16-18H2,(H,35,38)/t21-,23-,24+,30-,33-. The van der Waals surface area contributed by atoms with Crippen LogP contribution in [0.3, 0.4) is 0 Å². The third kappa shape index (κ3) is 4.48. The van der Waals surface area contributed by atoms with Crippen molar-refractivity contribution in [2.45, 2.75) is 50.2 Å². The fraction of sp³-hybridized carbons (Fsp3) is 0.333. The molecule has 4 saturated carbocycles. The lowest BCUT2D eigenvalue weighted by atomic mass is 9.52. The number of nitrogens with zero attached hydrogens (tertiary/aromatic N) is 1. The number of para-hydroxylation sites is 1. The van der Waals surface area contributed by atoms with Gasteiger partial charge in [-0.25, -0.2) is 0 Å². The highest BCUT2D eigenvalue weighted by Crippen LogP contribution is 2.55. The second kappa shape index (κ2) is 9.35. The third-order valence-electron chi connectivity index (χ3n) is 9.22. The molecule has 2 N–H and O–H groups in total. The van der Waals surface area contributed by atoms with Crippen molar-refractivity contribution in [2.24, 2.45) is 17.8 Å². The van der Waals surface area contributed by atoms with Crippen LogP contribution in [-0.2, 0) is 6.42 Å². The summed E-state index contributed by atoms with van der Waals surface area (Å²) in [6.07, 6.45) is 7.13. The molecule has 5 nitrogen and oxygen atoms in total. The molecule has 0 spiro atoms. The predicted molar refractivity (Wildman–Crippen MR) is 154 cm³/mol. The zero-order valence-electron chi connectivity index (χ0n) is 21.6. The first-order valence-corrected chi connectivity index (χ1v) is 14.2. The molecule has 4 bridgehead atoms. The van der Waals surface area contributed by atoms with Crippen molar-refractivity contribution in [2.75, 3.05) is 0 Å². The number of rotatable bonds is 5. The normalized spacial score (nSPS) is 27.1. The molecule has 1 heterocycles. The van der Waals surface area contributed by atoms with Crippen LogP contribution in [0.25, 0.3) is 16.6 Å². The van der Waals surface area contributed by atoms with Gasteiger partial charge in [0.05, 0.1) is 11.1 Å². The summed E-state index contributed by atoms with van der Waals surface area (Å²) >= 11 is 6.28. The van der Waals surface area contributed by atoms with Gasteiger partial charge in [-0.3, -0.25) is 9.59 Å². The Morgan fingerprint density at radius 3 is 2.38 bits per heavy atom. The van der Waals surface area contributed by atoms with Gasteiger partial charge in [-0.05, 0) is 97.9 Å². The number of nitrogens with one attached hydrogen (secondary N) is 1. The van der Waals surface area contributed by atoms with E-state index in [1.807, 2.05) is 71.4 Å². The topological polar surface area (TPSA) is 71.3 Å². The Labute approximate surface area is 232 Å². The molecule has 8 rings (SSSR count). The molecule has 4 aromatic rings. The summed E-state index contributed by atoms with van der Waals surface area (Å²) in [7, 11) is 0. The molecule has 0 unspecified atom stereocenters. The van der Waals surface area contributed by atoms with Crippen LogP contribution >= 0.6 is 11.6 Å². The van der Waals surface area contributed by atoms with Crippen LogP contribution in [0.15, 0.2) is 83.8 Å². The second-order valence-electron chi connectivity index (χ2n) is 11.9. The van der Waals surface area contributed by atoms with Crippen LogP contribution in [0, 0.1) is 17.8 Å². The van der Waals surface area contributed by atoms with Gasteiger partial charge in [0, 0.05) is 45.9 Å². The highest BCUT2D eigenvalue weighted by Gasteiger charge is 2.55. The Morgan fingerprint density at radius 2 is 1.69 bits per heavy atom. The van der Waals surface area contributed by atoms with E-state index in [1.54, 1.807) is 12.1 Å². The zero-order valence-corrected chi connectivity index (χ0v) is 22.4. The summed E-state index contributed by atoms with van der Waals surface area (Å²) in [5.41, 5.74) is 3.47. The maximum absolute atomic E-state index is 13.4. The van der Waals surface area contributed by atoms with E-state index in [1.165, 1.54) is 0 Å². The van der Waals surface area contributed by atoms with Crippen LogP contribution < -0.4 is 10.7 Å². The van der Waals surface area contributed by atoms with Crippen molar-refractivity contribution in [3.63, 3.8) is 0 Å². The molecule has 4 aliphatic rings. The molecule has 0 radical (unpaired) electrons. The maximum Gasteiger partial charge on any atom is 0.251 e. The average molecular weight is 539 g/mol. The fourth-order valence-corrected chi connectivity index (χ4v) is 7.89. The minimum absolute atomic E-state index is 0.0146. The number of fused-ring (bicyclic) bond motifs is 1. The monoisotopic (exact) mass is 538 g/mol. The Kier molecular flexibility index (Phi) is 5.91. The minimum atomic E-state index is -0.506. The summed E-state index contributed by atoms with van der Waals surface area (Å²) in [4.78, 5) is 26.6. The molecular formula is C33H31ClN2O3. The molecule has 3 aromatic carbocycles. The summed E-state index contributed by atoms with van der Waals surface area (Å²) in [5, 5.41) is 15.4. The van der Waals surface area contributed by atoms with Crippen LogP contribution in [-0.4, -0.2) is 27.2 Å². The van der Waals surface area contributed by atoms with Crippen LogP contribution in [0.2, 0.25) is 5.02 Å². The lowest BCUT2D eigenvalue weighted by molar-refractivity contribution is -0.136. The molecule has 1 amide bonds. The molecule has 6 heteroatoms. The van der Waals surface area contributed by atoms with Crippen molar-refractivity contribution < 1.29 is 9.90 Å². The number of halogens is 1. The summed E-state index contributed by atoms with van der Waals surface area (Å²) < 4.78 is 2.02. The number of pyridine rings is 1. The van der Waals surface area contributed by atoms with Crippen molar-refractivity contribution in [1.29, 1.82) is 0 Å². The van der Waals surface area contributed by atoms with Gasteiger partial charge in [-0.2, -0.15) is 0 Å². The Bertz CT molecular complexity index is 1610. The number of amides is 1. The Hall–Kier alpha value is -3.41. The van der Waals surface area contributed by atoms with Crippen molar-refractivity contribution in [3.8, 4) is 5.69 Å². The zero-order chi connectivity index (χ0) is 26.7. The largest absolute Gasteiger partial charge is 0.390 e. The number of hydrogen-bond donors (Lipinski definition) is 2. The van der Waals surface area contributed by atoms with Crippen molar-refractivity contribution >= 4 is 28.4 Å². The highest BCUT2D eigenvalue weighted by molar-refractivity contribution is 6.31. The van der Waals surface area contributed by atoms with Gasteiger partial charge in [-0.1, -0.05) is 41.9 Å². The van der Waals surface area contributed by atoms with Gasteiger partial charge in [-0.15, -0.1) is 0 Å². The lowest BCUT2D eigenvalue weighted by Crippen LogP contribution is -2.61.